The number of rotatable bonds is 6. The summed E-state index contributed by atoms with van der Waals surface area (Å²) in [6.07, 6.45) is -1.45. The molecule has 2 aromatic heterocycles. The van der Waals surface area contributed by atoms with Crippen LogP contribution in [-0.2, 0) is 10.2 Å². The number of nitrogens with one attached hydrogen (secondary N) is 1. The normalized spacial score (nSPS) is 22.1. The Balaban J connectivity index is 1.55. The Labute approximate surface area is 184 Å². The van der Waals surface area contributed by atoms with E-state index in [0.717, 1.165) is 11.1 Å². The van der Waals surface area contributed by atoms with Gasteiger partial charge in [-0.2, -0.15) is 4.98 Å². The monoisotopic (exact) mass is 447 g/mol. The van der Waals surface area contributed by atoms with Crippen molar-refractivity contribution in [3.8, 4) is 17.3 Å². The number of hydrogen-bond donors (Lipinski definition) is 4. The molecule has 0 radical (unpaired) electrons. The molecule has 1 fully saturated rings. The molecule has 8 nitrogen and oxygen atoms in total. The summed E-state index contributed by atoms with van der Waals surface area (Å²) in [5, 5.41) is 29.2. The van der Waals surface area contributed by atoms with Crippen molar-refractivity contribution in [2.75, 3.05) is 19.8 Å². The van der Waals surface area contributed by atoms with E-state index >= 15 is 0 Å². The molecule has 1 saturated heterocycles. The first-order chi connectivity index (χ1) is 14.8. The molecule has 0 bridgehead atoms. The molecule has 1 aromatic carbocycles. The first-order valence-electron chi connectivity index (χ1n) is 10.2. The van der Waals surface area contributed by atoms with Gasteiger partial charge in [0.2, 0.25) is 0 Å². The van der Waals surface area contributed by atoms with Gasteiger partial charge in [-0.1, -0.05) is 49.7 Å². The molecule has 3 heterocycles. The largest absolute Gasteiger partial charge is 0.459 e. The number of aromatic amines is 1. The summed E-state index contributed by atoms with van der Waals surface area (Å²) in [6.45, 7) is 4.02. The van der Waals surface area contributed by atoms with Crippen LogP contribution in [0.5, 0.6) is 6.01 Å². The zero-order chi connectivity index (χ0) is 22.2. The number of H-pyrrole nitrogens is 1. The van der Waals surface area contributed by atoms with Crippen molar-refractivity contribution in [1.82, 2.24) is 15.0 Å². The number of imidazole rings is 1. The van der Waals surface area contributed by atoms with Gasteiger partial charge in [0.05, 0.1) is 42.2 Å². The second kappa shape index (κ2) is 8.72. The summed E-state index contributed by atoms with van der Waals surface area (Å²) in [4.78, 5) is 12.0. The molecule has 4 N–H and O–H groups in total. The van der Waals surface area contributed by atoms with Crippen LogP contribution in [-0.4, -0.2) is 68.4 Å². The van der Waals surface area contributed by atoms with E-state index in [4.69, 9.17) is 26.2 Å². The van der Waals surface area contributed by atoms with Crippen molar-refractivity contribution in [3.05, 3.63) is 40.9 Å². The van der Waals surface area contributed by atoms with Gasteiger partial charge in [0, 0.05) is 17.4 Å². The van der Waals surface area contributed by atoms with Crippen molar-refractivity contribution in [1.29, 1.82) is 0 Å². The molecule has 4 rings (SSSR count). The Morgan fingerprint density at radius 2 is 1.97 bits per heavy atom. The van der Waals surface area contributed by atoms with E-state index in [2.05, 4.69) is 15.0 Å². The fourth-order valence-corrected chi connectivity index (χ4v) is 3.83. The Morgan fingerprint density at radius 1 is 1.23 bits per heavy atom. The number of aliphatic hydroxyl groups is 3. The summed E-state index contributed by atoms with van der Waals surface area (Å²) >= 11 is 6.48. The maximum Gasteiger partial charge on any atom is 0.296 e. The third-order valence-electron chi connectivity index (χ3n) is 5.63. The van der Waals surface area contributed by atoms with Crippen molar-refractivity contribution < 1.29 is 24.8 Å². The minimum absolute atomic E-state index is 0.0527. The highest BCUT2D eigenvalue weighted by Crippen LogP contribution is 2.32. The molecule has 166 valence electrons. The average Bonchev–Trinajstić information content (AvgIpc) is 3.14. The third-order valence-corrected chi connectivity index (χ3v) is 5.92. The molecule has 31 heavy (non-hydrogen) atoms. The summed E-state index contributed by atoms with van der Waals surface area (Å²) in [5.41, 5.74) is 3.22. The van der Waals surface area contributed by atoms with Crippen LogP contribution in [0.25, 0.3) is 22.4 Å². The lowest BCUT2D eigenvalue weighted by atomic mass is 9.85. The number of hydrogen-bond acceptors (Lipinski definition) is 7. The van der Waals surface area contributed by atoms with Crippen LogP contribution in [0.2, 0.25) is 5.02 Å². The highest BCUT2D eigenvalue weighted by Gasteiger charge is 2.31. The van der Waals surface area contributed by atoms with E-state index in [1.165, 1.54) is 0 Å². The van der Waals surface area contributed by atoms with Crippen LogP contribution >= 0.6 is 11.6 Å². The topological polar surface area (TPSA) is 121 Å². The smallest absolute Gasteiger partial charge is 0.296 e. The zero-order valence-electron chi connectivity index (χ0n) is 17.4. The van der Waals surface area contributed by atoms with Gasteiger partial charge in [0.15, 0.2) is 5.65 Å². The lowest BCUT2D eigenvalue weighted by molar-refractivity contribution is -0.131. The highest BCUT2D eigenvalue weighted by atomic mass is 35.5. The van der Waals surface area contributed by atoms with Gasteiger partial charge in [0.1, 0.15) is 12.2 Å². The molecule has 0 saturated carbocycles. The molecule has 0 amide bonds. The molecule has 3 atom stereocenters. The minimum Gasteiger partial charge on any atom is -0.459 e. The molecular formula is C22H26ClN3O5. The molecule has 9 heteroatoms. The summed E-state index contributed by atoms with van der Waals surface area (Å²) in [6, 6.07) is 9.78. The van der Waals surface area contributed by atoms with Crippen LogP contribution in [0.4, 0.5) is 0 Å². The Hall–Kier alpha value is -2.23. The fourth-order valence-electron chi connectivity index (χ4n) is 3.57. The Kier molecular flexibility index (Phi) is 6.18. The lowest BCUT2D eigenvalue weighted by Crippen LogP contribution is -2.45. The van der Waals surface area contributed by atoms with Gasteiger partial charge in [-0.3, -0.25) is 0 Å². The molecule has 3 unspecified atom stereocenters. The highest BCUT2D eigenvalue weighted by molar-refractivity contribution is 6.33. The van der Waals surface area contributed by atoms with Crippen LogP contribution in [0, 0.1) is 0 Å². The van der Waals surface area contributed by atoms with E-state index in [9.17, 15) is 10.2 Å². The quantitative estimate of drug-likeness (QED) is 0.458. The second-order valence-corrected chi connectivity index (χ2v) is 8.86. The number of ether oxygens (including phenoxy) is 2. The van der Waals surface area contributed by atoms with E-state index in [1.807, 2.05) is 38.1 Å². The zero-order valence-corrected chi connectivity index (χ0v) is 18.1. The molecule has 0 aliphatic carbocycles. The van der Waals surface area contributed by atoms with Crippen molar-refractivity contribution >= 4 is 22.8 Å². The van der Waals surface area contributed by atoms with Gasteiger partial charge < -0.3 is 29.8 Å². The van der Waals surface area contributed by atoms with Crippen LogP contribution < -0.4 is 4.74 Å². The van der Waals surface area contributed by atoms with Crippen molar-refractivity contribution in [3.63, 3.8) is 0 Å². The number of pyridine rings is 1. The predicted octanol–water partition coefficient (Wildman–Crippen LogP) is 2.44. The van der Waals surface area contributed by atoms with E-state index < -0.39 is 18.3 Å². The number of aliphatic hydroxyl groups excluding tert-OH is 3. The van der Waals surface area contributed by atoms with Crippen molar-refractivity contribution in [2.45, 2.75) is 44.0 Å². The molecule has 0 spiro atoms. The Bertz CT molecular complexity index is 1050. The average molecular weight is 448 g/mol. The number of aromatic nitrogens is 3. The summed E-state index contributed by atoms with van der Waals surface area (Å²) in [7, 11) is 0. The van der Waals surface area contributed by atoms with E-state index in [1.54, 1.807) is 6.07 Å². The standard InChI is InChI=1S/C22H26ClN3O5/c1-22(2,11-28)13-5-3-12(4-6-13)19-15(23)8-16-20(25-19)26-21(24-16)31-14-7-17(29)18(9-27)30-10-14/h3-6,8,14,17-18,27-29H,7,9-11H2,1-2H3,(H,24,25,26). The number of halogens is 1. The van der Waals surface area contributed by atoms with E-state index in [-0.39, 0.29) is 31.2 Å². The van der Waals surface area contributed by atoms with Gasteiger partial charge in [-0.05, 0) is 11.6 Å². The number of benzene rings is 1. The molecular weight excluding hydrogens is 422 g/mol. The summed E-state index contributed by atoms with van der Waals surface area (Å²) in [5.74, 6) is 0. The molecule has 1 aliphatic heterocycles. The van der Waals surface area contributed by atoms with Gasteiger partial charge in [0.25, 0.3) is 6.01 Å². The van der Waals surface area contributed by atoms with Crippen LogP contribution in [0.1, 0.15) is 25.8 Å². The SMILES string of the molecule is CC(C)(CO)c1ccc(-c2nc3nc(OC4COC(CO)C(O)C4)[nH]c3cc2Cl)cc1. The third kappa shape index (κ3) is 4.53. The van der Waals surface area contributed by atoms with Crippen molar-refractivity contribution in [2.24, 2.45) is 0 Å². The first kappa shape index (κ1) is 22.0. The van der Waals surface area contributed by atoms with Crippen LogP contribution in [0.3, 0.4) is 0 Å². The Morgan fingerprint density at radius 3 is 2.61 bits per heavy atom. The molecule has 3 aromatic rings. The predicted molar refractivity (Wildman–Crippen MR) is 116 cm³/mol. The number of nitrogens with zero attached hydrogens (tertiary/aromatic N) is 2. The van der Waals surface area contributed by atoms with Crippen LogP contribution in [0.15, 0.2) is 30.3 Å². The maximum absolute atomic E-state index is 10.0. The van der Waals surface area contributed by atoms with E-state index in [0.29, 0.717) is 28.3 Å². The van der Waals surface area contributed by atoms with Gasteiger partial charge in [-0.25, -0.2) is 4.98 Å². The summed E-state index contributed by atoms with van der Waals surface area (Å²) < 4.78 is 11.2. The minimum atomic E-state index is -0.800. The van der Waals surface area contributed by atoms with Gasteiger partial charge >= 0.3 is 0 Å². The second-order valence-electron chi connectivity index (χ2n) is 8.45. The molecule has 1 aliphatic rings. The lowest BCUT2D eigenvalue weighted by Gasteiger charge is -2.31. The van der Waals surface area contributed by atoms with Gasteiger partial charge in [-0.15, -0.1) is 0 Å². The maximum atomic E-state index is 10.0. The fraction of sp³-hybridized carbons (Fsp3) is 0.455. The number of fused-ring (bicyclic) bond motifs is 1. The first-order valence-corrected chi connectivity index (χ1v) is 10.5.